The fraction of sp³-hybridized carbons (Fsp3) is 0.557. The molecule has 592 valence electrons. The van der Waals surface area contributed by atoms with Gasteiger partial charge in [-0.05, 0) is 80.8 Å². The van der Waals surface area contributed by atoms with Crippen molar-refractivity contribution in [1.29, 1.82) is 5.41 Å². The minimum Gasteiger partial charge on any atom is -0.481 e. The molecular formula is C70H103N19O19. The zero-order chi connectivity index (χ0) is 80.2. The minimum absolute atomic E-state index is 0.00361. The van der Waals surface area contributed by atoms with Gasteiger partial charge in [-0.25, -0.2) is 0 Å². The number of hydrogen-bond donors (Lipinski definition) is 19. The third-order valence-corrected chi connectivity index (χ3v) is 16.7. The van der Waals surface area contributed by atoms with E-state index in [1.807, 2.05) is 0 Å². The highest BCUT2D eigenvalue weighted by Gasteiger charge is 2.37. The number of aliphatic carboxylic acids is 3. The number of benzene rings is 2. The number of hydrogen-bond acceptors (Lipinski definition) is 20. The van der Waals surface area contributed by atoms with Crippen LogP contribution in [0.5, 0.6) is 0 Å². The first-order valence-electron chi connectivity index (χ1n) is 35.4. The number of aromatic nitrogens is 3. The Hall–Kier alpha value is -11.5. The molecule has 1 aromatic heterocycles. The average molecular weight is 1510 g/mol. The number of unbranched alkanes of at least 4 members (excludes halogenated alkanes) is 1. The Labute approximate surface area is 623 Å². The first-order valence-corrected chi connectivity index (χ1v) is 35.4. The first-order chi connectivity index (χ1) is 50.9. The van der Waals surface area contributed by atoms with Crippen molar-refractivity contribution >= 4 is 101 Å². The fourth-order valence-corrected chi connectivity index (χ4v) is 11.1. The Morgan fingerprint density at radius 1 is 0.593 bits per heavy atom. The van der Waals surface area contributed by atoms with Crippen LogP contribution in [0.4, 0.5) is 0 Å². The molecule has 0 bridgehead atoms. The smallest absolute Gasteiger partial charge is 0.305 e. The number of rotatable bonds is 42. The van der Waals surface area contributed by atoms with Gasteiger partial charge in [0.2, 0.25) is 70.9 Å². The number of nitrogens with two attached hydrogens (primary N) is 2. The van der Waals surface area contributed by atoms with Crippen LogP contribution in [0.2, 0.25) is 0 Å². The van der Waals surface area contributed by atoms with Crippen LogP contribution in [-0.4, -0.2) is 218 Å². The summed E-state index contributed by atoms with van der Waals surface area (Å²) in [4.78, 5) is 214. The van der Waals surface area contributed by atoms with E-state index in [1.165, 1.54) is 0 Å². The quantitative estimate of drug-likeness (QED) is 0.0148. The normalized spacial score (nSPS) is 17.4. The molecule has 21 N–H and O–H groups in total. The van der Waals surface area contributed by atoms with E-state index >= 15 is 0 Å². The summed E-state index contributed by atoms with van der Waals surface area (Å²) in [7, 11) is 0. The Bertz CT molecular complexity index is 3630. The fourth-order valence-electron chi connectivity index (χ4n) is 11.1. The molecule has 12 amide bonds. The van der Waals surface area contributed by atoms with E-state index in [1.54, 1.807) is 85.4 Å². The van der Waals surface area contributed by atoms with E-state index < -0.39 is 206 Å². The number of nitrogens with one attached hydrogen (secondary N) is 14. The van der Waals surface area contributed by atoms with Crippen molar-refractivity contribution in [2.75, 3.05) is 32.7 Å². The third kappa shape index (κ3) is 34.6. The topological polar surface area (TPSA) is 597 Å². The highest BCUT2D eigenvalue weighted by atomic mass is 16.4. The number of ketones is 1. The molecule has 10 atom stereocenters. The van der Waals surface area contributed by atoms with Gasteiger partial charge < -0.3 is 95.9 Å². The summed E-state index contributed by atoms with van der Waals surface area (Å²) >= 11 is 0. The standard InChI is InChI=1S/C70H103N19O19/c1-39(2)27-48(84-67(107)51(30-42-19-11-8-12-20-42)80-54(91)36-77-60(100)45(71)32-44-38-89(88-87-44)26-16-23-70(4,5)6)62(102)76-35-43(31-56(93)94)59(99)83-53(34-58(97)98)68(108)85-49(28-40(3)90)61(101)74-24-14-13-21-46-64(104)81-47(22-15-25-75-69(72)73)65(105)86-52(33-57(95)96)63(103)78-37-55(92)79-50(66(106)82-46)29-41-17-9-7-10-18-41/h7-12,17-20,38-39,43,45-53H,13-16,21-37,71H2,1-6H3,(H,74,101)(H,76,102)(H,77,100)(H,78,103)(H,79,92)(H,80,91)(H,81,104)(H,82,106)(H,83,99)(H,84,107)(H,85,108)(H,86,105)(H,93,94)(H,95,96)(H,97,98)(H4,72,73,75)/t43-,45?,46?,47?,48?,49+,50-,51?,52+,53+/m1/s1. The molecule has 1 aliphatic rings. The van der Waals surface area contributed by atoms with E-state index in [4.69, 9.17) is 16.9 Å². The highest BCUT2D eigenvalue weighted by molar-refractivity contribution is 6.00. The molecule has 108 heavy (non-hydrogen) atoms. The van der Waals surface area contributed by atoms with Gasteiger partial charge in [-0.15, -0.1) is 5.10 Å². The summed E-state index contributed by atoms with van der Waals surface area (Å²) in [6.07, 6.45) is -0.871. The van der Waals surface area contributed by atoms with Crippen LogP contribution in [0.3, 0.4) is 0 Å². The molecule has 2 heterocycles. The lowest BCUT2D eigenvalue weighted by molar-refractivity contribution is -0.144. The van der Waals surface area contributed by atoms with E-state index in [0.717, 1.165) is 19.8 Å². The monoisotopic (exact) mass is 1510 g/mol. The van der Waals surface area contributed by atoms with Gasteiger partial charge in [-0.1, -0.05) is 100 Å². The van der Waals surface area contributed by atoms with Crippen LogP contribution in [0.15, 0.2) is 66.9 Å². The molecule has 3 aromatic rings. The Balaban J connectivity index is 1.46. The predicted octanol–water partition coefficient (Wildman–Crippen LogP) is -3.68. The van der Waals surface area contributed by atoms with Gasteiger partial charge in [-0.3, -0.25) is 86.8 Å². The first kappa shape index (κ1) is 88.9. The lowest BCUT2D eigenvalue weighted by Crippen LogP contribution is -2.58. The van der Waals surface area contributed by atoms with Crippen LogP contribution < -0.4 is 80.6 Å². The Kier molecular flexibility index (Phi) is 37.2. The van der Waals surface area contributed by atoms with Crippen LogP contribution in [0.25, 0.3) is 0 Å². The maximum absolute atomic E-state index is 14.3. The molecule has 0 aliphatic carbocycles. The number of carboxylic acids is 3. The van der Waals surface area contributed by atoms with Crippen molar-refractivity contribution in [3.8, 4) is 0 Å². The van der Waals surface area contributed by atoms with Crippen molar-refractivity contribution < 1.29 is 92.0 Å². The second-order valence-corrected chi connectivity index (χ2v) is 27.9. The second kappa shape index (κ2) is 45.1. The molecule has 1 aliphatic heterocycles. The number of nitrogens with zero attached hydrogens (tertiary/aromatic N) is 3. The van der Waals surface area contributed by atoms with Crippen LogP contribution in [0, 0.1) is 22.7 Å². The number of carbonyl (C=O) groups is 16. The van der Waals surface area contributed by atoms with E-state index in [2.05, 4.69) is 100 Å². The SMILES string of the molecule is CC(=O)C[C@H](NC(=O)[C@H](CC(=O)O)NC(=O)[C@@H](CNC(=O)C(CC(C)C)NC(=O)C(Cc1ccccc1)NC(=O)CNC(=O)C(N)Cc1cn(CCCC(C)(C)C)nn1)CC(=O)O)C(=O)NCCCCC1NC(=O)[C@@H](Cc2ccccc2)NC(=O)CNC(=O)[C@H](CC(=O)O)NC(=O)C(CCCNC(=N)N)NC1=O. The maximum Gasteiger partial charge on any atom is 0.305 e. The predicted molar refractivity (Wildman–Crippen MR) is 386 cm³/mol. The van der Waals surface area contributed by atoms with E-state index in [9.17, 15) is 92.0 Å². The molecule has 5 unspecified atom stereocenters. The second-order valence-electron chi connectivity index (χ2n) is 27.9. The van der Waals surface area contributed by atoms with Gasteiger partial charge in [0.25, 0.3) is 0 Å². The van der Waals surface area contributed by atoms with Gasteiger partial charge in [0.1, 0.15) is 54.1 Å². The summed E-state index contributed by atoms with van der Waals surface area (Å²) in [6.45, 7) is 9.17. The number of Topliss-reactive ketones (excluding diaryl/α,β-unsaturated/α-hetero) is 1. The molecule has 0 radical (unpaired) electrons. The molecule has 4 rings (SSSR count). The number of carboxylic acid groups (broad SMARTS) is 3. The van der Waals surface area contributed by atoms with E-state index in [-0.39, 0.29) is 82.2 Å². The van der Waals surface area contributed by atoms with Crippen molar-refractivity contribution in [1.82, 2.24) is 84.1 Å². The number of aryl methyl sites for hydroxylation is 1. The third-order valence-electron chi connectivity index (χ3n) is 16.7. The zero-order valence-electron chi connectivity index (χ0n) is 61.4. The minimum atomic E-state index is -2.04. The summed E-state index contributed by atoms with van der Waals surface area (Å²) in [6, 6.07) is 3.11. The van der Waals surface area contributed by atoms with Crippen molar-refractivity contribution in [3.05, 3.63) is 83.7 Å². The van der Waals surface area contributed by atoms with Crippen LogP contribution in [0.1, 0.15) is 135 Å². The number of carbonyl (C=O) groups excluding carboxylic acids is 13. The van der Waals surface area contributed by atoms with Crippen LogP contribution in [-0.2, 0) is 103 Å². The summed E-state index contributed by atoms with van der Waals surface area (Å²) in [5.41, 5.74) is 13.3. The van der Waals surface area contributed by atoms with Gasteiger partial charge in [0.15, 0.2) is 5.96 Å². The van der Waals surface area contributed by atoms with Gasteiger partial charge in [0.05, 0.1) is 50.0 Å². The molecule has 38 nitrogen and oxygen atoms in total. The Morgan fingerprint density at radius 2 is 1.15 bits per heavy atom. The molecule has 0 saturated carbocycles. The van der Waals surface area contributed by atoms with Gasteiger partial charge in [-0.2, -0.15) is 0 Å². The molecule has 1 saturated heterocycles. The zero-order valence-corrected chi connectivity index (χ0v) is 61.4. The van der Waals surface area contributed by atoms with E-state index in [0.29, 0.717) is 23.4 Å². The lowest BCUT2D eigenvalue weighted by Gasteiger charge is -2.26. The molecule has 1 fully saturated rings. The largest absolute Gasteiger partial charge is 0.481 e. The summed E-state index contributed by atoms with van der Waals surface area (Å²) in [5.74, 6) is -19.5. The molecule has 38 heteroatoms. The molecular weight excluding hydrogens is 1410 g/mol. The summed E-state index contributed by atoms with van der Waals surface area (Å²) < 4.78 is 1.66. The molecule has 0 spiro atoms. The molecule has 2 aromatic carbocycles. The van der Waals surface area contributed by atoms with Crippen molar-refractivity contribution in [3.63, 3.8) is 0 Å². The average Bonchev–Trinajstić information content (AvgIpc) is 1.13. The number of guanidine groups is 1. The number of amides is 12. The van der Waals surface area contributed by atoms with Gasteiger partial charge >= 0.3 is 17.9 Å². The highest BCUT2D eigenvalue weighted by Crippen LogP contribution is 2.21. The summed E-state index contributed by atoms with van der Waals surface area (Å²) in [5, 5.41) is 77.1. The lowest BCUT2D eigenvalue weighted by atomic mass is 9.91. The van der Waals surface area contributed by atoms with Crippen LogP contribution >= 0.6 is 0 Å². The Morgan fingerprint density at radius 3 is 1.74 bits per heavy atom. The maximum atomic E-state index is 14.3. The van der Waals surface area contributed by atoms with Crippen molar-refractivity contribution in [2.24, 2.45) is 28.7 Å². The van der Waals surface area contributed by atoms with Gasteiger partial charge in [0, 0.05) is 58.1 Å². The van der Waals surface area contributed by atoms with Crippen molar-refractivity contribution in [2.45, 2.75) is 199 Å².